The summed E-state index contributed by atoms with van der Waals surface area (Å²) in [5.74, 6) is 0. The molecule has 0 fully saturated rings. The molecule has 0 bridgehead atoms. The van der Waals surface area contributed by atoms with Crippen LogP contribution in [0.2, 0.25) is 5.15 Å². The van der Waals surface area contributed by atoms with Gasteiger partial charge in [-0.25, -0.2) is 13.4 Å². The van der Waals surface area contributed by atoms with Gasteiger partial charge in [-0.1, -0.05) is 51.1 Å². The van der Waals surface area contributed by atoms with Gasteiger partial charge in [0.25, 0.3) is 0 Å². The van der Waals surface area contributed by atoms with E-state index < -0.39 is 9.84 Å². The summed E-state index contributed by atoms with van der Waals surface area (Å²) in [4.78, 5) is 3.93. The summed E-state index contributed by atoms with van der Waals surface area (Å²) in [6.07, 6.45) is 7.93. The number of aromatic nitrogens is 1. The molecule has 1 aromatic rings. The molecule has 0 amide bonds. The van der Waals surface area contributed by atoms with Gasteiger partial charge < -0.3 is 0 Å². The molecule has 0 radical (unpaired) electrons. The number of halogens is 1. The summed E-state index contributed by atoms with van der Waals surface area (Å²) in [5.41, 5.74) is 0.666. The lowest BCUT2D eigenvalue weighted by Gasteiger charge is -1.99. The van der Waals surface area contributed by atoms with Gasteiger partial charge in [0.2, 0.25) is 0 Å². The maximum Gasteiger partial charge on any atom is 0.177 e. The zero-order valence-electron chi connectivity index (χ0n) is 11.5. The second-order valence-corrected chi connectivity index (χ2v) is 6.63. The summed E-state index contributed by atoms with van der Waals surface area (Å²) in [5, 5.41) is 0.336. The standard InChI is InChI=1S/C7H8ClNO2S.C6H14/c1-5-3-6(12(2,10)11)4-9-7(5)8;1-3-5-6-4-2/h3-4H,1-2H3;3-6H2,1-2H3. The predicted molar refractivity (Wildman–Crippen MR) is 76.9 cm³/mol. The van der Waals surface area contributed by atoms with Crippen molar-refractivity contribution in [2.24, 2.45) is 0 Å². The van der Waals surface area contributed by atoms with E-state index in [4.69, 9.17) is 11.6 Å². The molecular formula is C13H22ClNO2S. The largest absolute Gasteiger partial charge is 0.243 e. The lowest BCUT2D eigenvalue weighted by atomic mass is 10.2. The Balaban J connectivity index is 0.000000411. The molecule has 0 aromatic carbocycles. The van der Waals surface area contributed by atoms with Gasteiger partial charge in [-0.05, 0) is 18.6 Å². The van der Waals surface area contributed by atoms with Crippen molar-refractivity contribution in [2.45, 2.75) is 51.3 Å². The van der Waals surface area contributed by atoms with E-state index in [9.17, 15) is 8.42 Å². The van der Waals surface area contributed by atoms with Crippen LogP contribution in [0.3, 0.4) is 0 Å². The summed E-state index contributed by atoms with van der Waals surface area (Å²) >= 11 is 5.62. The van der Waals surface area contributed by atoms with E-state index in [-0.39, 0.29) is 4.90 Å². The van der Waals surface area contributed by atoms with E-state index in [0.29, 0.717) is 10.7 Å². The maximum atomic E-state index is 11.0. The normalized spacial score (nSPS) is 10.7. The van der Waals surface area contributed by atoms with E-state index in [2.05, 4.69) is 18.8 Å². The second-order valence-electron chi connectivity index (χ2n) is 4.26. The van der Waals surface area contributed by atoms with Gasteiger partial charge in [-0.2, -0.15) is 0 Å². The molecule has 0 spiro atoms. The molecule has 0 atom stereocenters. The highest BCUT2D eigenvalue weighted by atomic mass is 35.5. The third kappa shape index (κ3) is 6.97. The van der Waals surface area contributed by atoms with Gasteiger partial charge >= 0.3 is 0 Å². The molecule has 1 heterocycles. The molecule has 0 saturated carbocycles. The molecule has 0 saturated heterocycles. The minimum absolute atomic E-state index is 0.199. The molecule has 0 aliphatic carbocycles. The van der Waals surface area contributed by atoms with E-state index in [1.807, 2.05) is 0 Å². The first-order chi connectivity index (χ1) is 8.32. The molecule has 1 rings (SSSR count). The van der Waals surface area contributed by atoms with Crippen LogP contribution in [0.5, 0.6) is 0 Å². The Morgan fingerprint density at radius 3 is 2.06 bits per heavy atom. The quantitative estimate of drug-likeness (QED) is 0.621. The number of pyridine rings is 1. The van der Waals surface area contributed by atoms with Crippen molar-refractivity contribution >= 4 is 21.4 Å². The Morgan fingerprint density at radius 2 is 1.72 bits per heavy atom. The highest BCUT2D eigenvalue weighted by Gasteiger charge is 2.08. The van der Waals surface area contributed by atoms with E-state index in [0.717, 1.165) is 6.26 Å². The zero-order valence-corrected chi connectivity index (χ0v) is 13.1. The summed E-state index contributed by atoms with van der Waals surface area (Å²) in [7, 11) is -3.16. The fourth-order valence-corrected chi connectivity index (χ4v) is 1.97. The number of sulfone groups is 1. The van der Waals surface area contributed by atoms with Crippen molar-refractivity contribution in [3.05, 3.63) is 23.0 Å². The molecule has 0 N–H and O–H groups in total. The summed E-state index contributed by atoms with van der Waals surface area (Å²) in [6, 6.07) is 1.50. The van der Waals surface area contributed by atoms with Gasteiger partial charge in [0.1, 0.15) is 5.15 Å². The molecule has 0 aliphatic heterocycles. The minimum Gasteiger partial charge on any atom is -0.243 e. The summed E-state index contributed by atoms with van der Waals surface area (Å²) < 4.78 is 22.0. The number of nitrogens with zero attached hydrogens (tertiary/aromatic N) is 1. The minimum atomic E-state index is -3.16. The highest BCUT2D eigenvalue weighted by molar-refractivity contribution is 7.90. The van der Waals surface area contributed by atoms with Crippen LogP contribution < -0.4 is 0 Å². The molecule has 1 aromatic heterocycles. The number of unbranched alkanes of at least 4 members (excludes halogenated alkanes) is 3. The lowest BCUT2D eigenvalue weighted by Crippen LogP contribution is -1.98. The number of hydrogen-bond donors (Lipinski definition) is 0. The van der Waals surface area contributed by atoms with E-state index >= 15 is 0 Å². The fraction of sp³-hybridized carbons (Fsp3) is 0.615. The molecule has 104 valence electrons. The van der Waals surface area contributed by atoms with E-state index in [1.54, 1.807) is 6.92 Å². The van der Waals surface area contributed by atoms with Gasteiger partial charge in [-0.15, -0.1) is 0 Å². The number of hydrogen-bond acceptors (Lipinski definition) is 3. The Morgan fingerprint density at radius 1 is 1.22 bits per heavy atom. The topological polar surface area (TPSA) is 47.0 Å². The monoisotopic (exact) mass is 291 g/mol. The number of aryl methyl sites for hydroxylation is 1. The van der Waals surface area contributed by atoms with Gasteiger partial charge in [0.15, 0.2) is 9.84 Å². The molecule has 0 aliphatic rings. The molecule has 0 unspecified atom stereocenters. The molecule has 3 nitrogen and oxygen atoms in total. The van der Waals surface area contributed by atoms with Gasteiger partial charge in [0.05, 0.1) is 4.90 Å². The smallest absolute Gasteiger partial charge is 0.177 e. The summed E-state index contributed by atoms with van der Waals surface area (Å²) in [6.45, 7) is 6.18. The van der Waals surface area contributed by atoms with Crippen LogP contribution in [0.15, 0.2) is 17.2 Å². The van der Waals surface area contributed by atoms with Crippen molar-refractivity contribution in [2.75, 3.05) is 6.26 Å². The van der Waals surface area contributed by atoms with Crippen molar-refractivity contribution in [1.29, 1.82) is 0 Å². The van der Waals surface area contributed by atoms with Gasteiger partial charge in [0, 0.05) is 12.5 Å². The first-order valence-corrected chi connectivity index (χ1v) is 8.42. The third-order valence-corrected chi connectivity index (χ3v) is 3.85. The van der Waals surface area contributed by atoms with Crippen LogP contribution in [0, 0.1) is 6.92 Å². The Labute approximate surface area is 116 Å². The van der Waals surface area contributed by atoms with Crippen LogP contribution in [0.25, 0.3) is 0 Å². The average Bonchev–Trinajstić information content (AvgIpc) is 2.29. The maximum absolute atomic E-state index is 11.0. The van der Waals surface area contributed by atoms with Crippen LogP contribution >= 0.6 is 11.6 Å². The van der Waals surface area contributed by atoms with Gasteiger partial charge in [-0.3, -0.25) is 0 Å². The second kappa shape index (κ2) is 8.48. The molecule has 18 heavy (non-hydrogen) atoms. The molecule has 5 heteroatoms. The van der Waals surface area contributed by atoms with Crippen LogP contribution in [-0.2, 0) is 9.84 Å². The SMILES string of the molecule is CCCCCC.Cc1cc(S(C)(=O)=O)cnc1Cl. The predicted octanol–water partition coefficient (Wildman–Crippen LogP) is 4.03. The molecular weight excluding hydrogens is 270 g/mol. The van der Waals surface area contributed by atoms with Crippen LogP contribution in [0.1, 0.15) is 45.1 Å². The zero-order chi connectivity index (χ0) is 14.2. The van der Waals surface area contributed by atoms with Crippen molar-refractivity contribution < 1.29 is 8.42 Å². The third-order valence-electron chi connectivity index (χ3n) is 2.37. The lowest BCUT2D eigenvalue weighted by molar-refractivity contribution is 0.601. The van der Waals surface area contributed by atoms with E-state index in [1.165, 1.54) is 37.9 Å². The van der Waals surface area contributed by atoms with Crippen molar-refractivity contribution in [1.82, 2.24) is 4.98 Å². The first kappa shape index (κ1) is 17.4. The Kier molecular flexibility index (Phi) is 8.20. The fourth-order valence-electron chi connectivity index (χ4n) is 1.24. The van der Waals surface area contributed by atoms with Crippen molar-refractivity contribution in [3.8, 4) is 0 Å². The number of rotatable bonds is 4. The highest BCUT2D eigenvalue weighted by Crippen LogP contribution is 2.15. The Bertz CT molecular complexity index is 454. The first-order valence-electron chi connectivity index (χ1n) is 6.15. The van der Waals surface area contributed by atoms with Crippen molar-refractivity contribution in [3.63, 3.8) is 0 Å². The van der Waals surface area contributed by atoms with Crippen LogP contribution in [-0.4, -0.2) is 19.7 Å². The van der Waals surface area contributed by atoms with Crippen LogP contribution in [0.4, 0.5) is 0 Å². The average molecular weight is 292 g/mol. The Hall–Kier alpha value is -0.610.